The molecule has 0 saturated heterocycles. The van der Waals surface area contributed by atoms with E-state index in [2.05, 4.69) is 10.3 Å². The fourth-order valence-corrected chi connectivity index (χ4v) is 1.74. The molecule has 4 heteroatoms. The normalized spacial score (nSPS) is 10.2. The number of hydrogen-bond donors (Lipinski definition) is 1. The molecule has 0 amide bonds. The van der Waals surface area contributed by atoms with Gasteiger partial charge in [0.2, 0.25) is 5.88 Å². The van der Waals surface area contributed by atoms with Crippen molar-refractivity contribution in [3.8, 4) is 11.6 Å². The van der Waals surface area contributed by atoms with E-state index in [9.17, 15) is 0 Å². The summed E-state index contributed by atoms with van der Waals surface area (Å²) in [4.78, 5) is 4.37. The smallest absolute Gasteiger partial charge is 0.221 e. The van der Waals surface area contributed by atoms with Crippen LogP contribution in [0.15, 0.2) is 42.5 Å². The summed E-state index contributed by atoms with van der Waals surface area (Å²) in [6.07, 6.45) is 0. The van der Waals surface area contributed by atoms with Crippen molar-refractivity contribution >= 4 is 5.82 Å². The molecule has 0 unspecified atom stereocenters. The number of ether oxygens (including phenoxy) is 2. The second kappa shape index (κ2) is 6.75. The summed E-state index contributed by atoms with van der Waals surface area (Å²) in [6, 6.07) is 13.5. The maximum Gasteiger partial charge on any atom is 0.221 e. The fraction of sp³-hybridized carbons (Fsp3) is 0.267. The maximum atomic E-state index is 5.75. The van der Waals surface area contributed by atoms with E-state index in [1.807, 2.05) is 49.4 Å². The predicted octanol–water partition coefficient (Wildman–Crippen LogP) is 3.45. The van der Waals surface area contributed by atoms with E-state index in [1.54, 1.807) is 7.11 Å². The monoisotopic (exact) mass is 258 g/mol. The van der Waals surface area contributed by atoms with Gasteiger partial charge in [0, 0.05) is 19.7 Å². The number of benzene rings is 1. The molecular formula is C15H18N2O2. The number of hydrogen-bond acceptors (Lipinski definition) is 4. The number of nitrogens with zero attached hydrogens (tertiary/aromatic N) is 1. The number of rotatable bonds is 6. The average Bonchev–Trinajstić information content (AvgIpc) is 2.40. The standard InChI is InChI=1S/C15H18N2O2/c1-3-16-14-8-5-9-15(17-14)19-13-7-4-6-12(10-13)11-18-2/h4-10H,3,11H2,1-2H3,(H,16,17). The van der Waals surface area contributed by atoms with Crippen molar-refractivity contribution in [3.63, 3.8) is 0 Å². The van der Waals surface area contributed by atoms with Crippen molar-refractivity contribution in [2.24, 2.45) is 0 Å². The summed E-state index contributed by atoms with van der Waals surface area (Å²) < 4.78 is 10.8. The number of aromatic nitrogens is 1. The summed E-state index contributed by atoms with van der Waals surface area (Å²) in [5.41, 5.74) is 1.07. The first-order chi connectivity index (χ1) is 9.31. The highest BCUT2D eigenvalue weighted by molar-refractivity contribution is 5.38. The molecule has 4 nitrogen and oxygen atoms in total. The molecule has 0 bridgehead atoms. The highest BCUT2D eigenvalue weighted by Crippen LogP contribution is 2.22. The van der Waals surface area contributed by atoms with E-state index in [-0.39, 0.29) is 0 Å². The first-order valence-corrected chi connectivity index (χ1v) is 6.28. The lowest BCUT2D eigenvalue weighted by Gasteiger charge is -2.08. The third-order valence-electron chi connectivity index (χ3n) is 2.51. The Hall–Kier alpha value is -2.07. The quantitative estimate of drug-likeness (QED) is 0.861. The molecule has 1 aromatic heterocycles. The first kappa shape index (κ1) is 13.4. The number of anilines is 1. The van der Waals surface area contributed by atoms with Crippen molar-refractivity contribution < 1.29 is 9.47 Å². The van der Waals surface area contributed by atoms with E-state index in [4.69, 9.17) is 9.47 Å². The van der Waals surface area contributed by atoms with Crippen LogP contribution in [0.3, 0.4) is 0 Å². The minimum Gasteiger partial charge on any atom is -0.439 e. The topological polar surface area (TPSA) is 43.4 Å². The third kappa shape index (κ3) is 3.96. The Morgan fingerprint density at radius 2 is 2.00 bits per heavy atom. The second-order valence-electron chi connectivity index (χ2n) is 4.07. The van der Waals surface area contributed by atoms with E-state index in [0.29, 0.717) is 12.5 Å². The molecule has 0 aliphatic heterocycles. The average molecular weight is 258 g/mol. The van der Waals surface area contributed by atoms with Gasteiger partial charge >= 0.3 is 0 Å². The van der Waals surface area contributed by atoms with Gasteiger partial charge in [0.05, 0.1) is 6.61 Å². The summed E-state index contributed by atoms with van der Waals surface area (Å²) in [6.45, 7) is 3.44. The minimum atomic E-state index is 0.571. The van der Waals surface area contributed by atoms with Gasteiger partial charge in [-0.3, -0.25) is 0 Å². The summed E-state index contributed by atoms with van der Waals surface area (Å²) in [5.74, 6) is 2.15. The van der Waals surface area contributed by atoms with Crippen LogP contribution < -0.4 is 10.1 Å². The molecule has 2 aromatic rings. The Labute approximate surface area is 113 Å². The molecule has 0 saturated carbocycles. The van der Waals surface area contributed by atoms with E-state index in [1.165, 1.54) is 0 Å². The van der Waals surface area contributed by atoms with E-state index >= 15 is 0 Å². The molecule has 0 atom stereocenters. The zero-order valence-corrected chi connectivity index (χ0v) is 11.2. The number of methoxy groups -OCH3 is 1. The largest absolute Gasteiger partial charge is 0.439 e. The van der Waals surface area contributed by atoms with Crippen LogP contribution in [0, 0.1) is 0 Å². The Morgan fingerprint density at radius 3 is 2.79 bits per heavy atom. The predicted molar refractivity (Wildman–Crippen MR) is 75.6 cm³/mol. The van der Waals surface area contributed by atoms with Crippen LogP contribution in [0.1, 0.15) is 12.5 Å². The summed E-state index contributed by atoms with van der Waals surface area (Å²) >= 11 is 0. The Morgan fingerprint density at radius 1 is 1.16 bits per heavy atom. The van der Waals surface area contributed by atoms with Crippen molar-refractivity contribution in [3.05, 3.63) is 48.0 Å². The Balaban J connectivity index is 2.11. The zero-order chi connectivity index (χ0) is 13.5. The van der Waals surface area contributed by atoms with Crippen molar-refractivity contribution in [1.82, 2.24) is 4.98 Å². The molecular weight excluding hydrogens is 240 g/mol. The second-order valence-corrected chi connectivity index (χ2v) is 4.07. The van der Waals surface area contributed by atoms with Gasteiger partial charge in [-0.05, 0) is 30.7 Å². The molecule has 100 valence electrons. The molecule has 1 aromatic carbocycles. The molecule has 0 aliphatic carbocycles. The van der Waals surface area contributed by atoms with Gasteiger partial charge in [-0.15, -0.1) is 0 Å². The van der Waals surface area contributed by atoms with Crippen LogP contribution in [0.5, 0.6) is 11.6 Å². The SMILES string of the molecule is CCNc1cccc(Oc2cccc(COC)c2)n1. The molecule has 2 rings (SSSR count). The molecule has 1 N–H and O–H groups in total. The lowest BCUT2D eigenvalue weighted by molar-refractivity contribution is 0.184. The van der Waals surface area contributed by atoms with Gasteiger partial charge < -0.3 is 14.8 Å². The molecule has 0 fully saturated rings. The number of pyridine rings is 1. The van der Waals surface area contributed by atoms with Gasteiger partial charge in [-0.25, -0.2) is 0 Å². The molecule has 1 heterocycles. The van der Waals surface area contributed by atoms with Gasteiger partial charge in [0.1, 0.15) is 11.6 Å². The van der Waals surface area contributed by atoms with Crippen LogP contribution in [0.4, 0.5) is 5.82 Å². The van der Waals surface area contributed by atoms with Crippen molar-refractivity contribution in [1.29, 1.82) is 0 Å². The van der Waals surface area contributed by atoms with Gasteiger partial charge in [0.15, 0.2) is 0 Å². The summed E-state index contributed by atoms with van der Waals surface area (Å²) in [5, 5.41) is 3.15. The molecule has 0 aliphatic rings. The number of nitrogens with one attached hydrogen (secondary N) is 1. The van der Waals surface area contributed by atoms with Gasteiger partial charge in [-0.1, -0.05) is 18.2 Å². The van der Waals surface area contributed by atoms with Crippen LogP contribution in [-0.4, -0.2) is 18.6 Å². The van der Waals surface area contributed by atoms with Gasteiger partial charge in [-0.2, -0.15) is 4.98 Å². The minimum absolute atomic E-state index is 0.571. The molecule has 19 heavy (non-hydrogen) atoms. The highest BCUT2D eigenvalue weighted by atomic mass is 16.5. The molecule has 0 spiro atoms. The van der Waals surface area contributed by atoms with Crippen LogP contribution >= 0.6 is 0 Å². The molecule has 0 radical (unpaired) electrons. The van der Waals surface area contributed by atoms with E-state index in [0.717, 1.165) is 23.7 Å². The first-order valence-electron chi connectivity index (χ1n) is 6.28. The Bertz CT molecular complexity index is 482. The lowest BCUT2D eigenvalue weighted by atomic mass is 10.2. The maximum absolute atomic E-state index is 5.75. The lowest BCUT2D eigenvalue weighted by Crippen LogP contribution is -1.99. The van der Waals surface area contributed by atoms with Crippen LogP contribution in [-0.2, 0) is 11.3 Å². The van der Waals surface area contributed by atoms with Crippen LogP contribution in [0.25, 0.3) is 0 Å². The Kier molecular flexibility index (Phi) is 4.75. The van der Waals surface area contributed by atoms with Crippen molar-refractivity contribution in [2.75, 3.05) is 19.0 Å². The summed E-state index contributed by atoms with van der Waals surface area (Å²) in [7, 11) is 1.68. The van der Waals surface area contributed by atoms with Gasteiger partial charge in [0.25, 0.3) is 0 Å². The third-order valence-corrected chi connectivity index (χ3v) is 2.51. The highest BCUT2D eigenvalue weighted by Gasteiger charge is 2.01. The van der Waals surface area contributed by atoms with Crippen LogP contribution in [0.2, 0.25) is 0 Å². The van der Waals surface area contributed by atoms with E-state index < -0.39 is 0 Å². The zero-order valence-electron chi connectivity index (χ0n) is 11.2. The van der Waals surface area contributed by atoms with Crippen molar-refractivity contribution in [2.45, 2.75) is 13.5 Å². The fourth-order valence-electron chi connectivity index (χ4n) is 1.74.